The second-order valence-electron chi connectivity index (χ2n) is 5.29. The van der Waals surface area contributed by atoms with Gasteiger partial charge in [0, 0.05) is 42.9 Å². The number of nitrogens with zero attached hydrogens (tertiary/aromatic N) is 1. The highest BCUT2D eigenvalue weighted by molar-refractivity contribution is 7.99. The highest BCUT2D eigenvalue weighted by atomic mass is 32.2. The van der Waals surface area contributed by atoms with Crippen molar-refractivity contribution in [3.8, 4) is 0 Å². The van der Waals surface area contributed by atoms with Crippen molar-refractivity contribution in [1.29, 1.82) is 0 Å². The molecule has 0 spiro atoms. The van der Waals surface area contributed by atoms with Gasteiger partial charge in [0.25, 0.3) is 0 Å². The number of hydrogen-bond acceptors (Lipinski definition) is 3. The lowest BCUT2D eigenvalue weighted by molar-refractivity contribution is -0.122. The van der Waals surface area contributed by atoms with Crippen LogP contribution in [0.2, 0.25) is 0 Å². The van der Waals surface area contributed by atoms with E-state index in [2.05, 4.69) is 51.7 Å². The van der Waals surface area contributed by atoms with Crippen LogP contribution in [-0.2, 0) is 11.3 Å². The van der Waals surface area contributed by atoms with Crippen molar-refractivity contribution in [2.24, 2.45) is 0 Å². The summed E-state index contributed by atoms with van der Waals surface area (Å²) in [6.45, 7) is 2.59. The van der Waals surface area contributed by atoms with Crippen LogP contribution in [0.1, 0.15) is 6.42 Å². The molecule has 21 heavy (non-hydrogen) atoms. The van der Waals surface area contributed by atoms with Crippen molar-refractivity contribution >= 4 is 28.6 Å². The minimum Gasteiger partial charge on any atom is -0.355 e. The van der Waals surface area contributed by atoms with Crippen LogP contribution in [-0.4, -0.2) is 41.1 Å². The fourth-order valence-corrected chi connectivity index (χ4v) is 3.59. The fraction of sp³-hybridized carbons (Fsp3) is 0.438. The molecular weight excluding hydrogens is 282 g/mol. The average molecular weight is 303 g/mol. The van der Waals surface area contributed by atoms with Gasteiger partial charge in [0.1, 0.15) is 0 Å². The van der Waals surface area contributed by atoms with E-state index in [1.807, 2.05) is 11.8 Å². The SMILES string of the molecule is O=C(NCCCn1ccc2ccccc21)C1CSCCN1. The molecule has 1 fully saturated rings. The minimum atomic E-state index is -0.0174. The molecule has 3 rings (SSSR count). The van der Waals surface area contributed by atoms with Crippen LogP contribution in [0, 0.1) is 0 Å². The van der Waals surface area contributed by atoms with Crippen LogP contribution in [0.25, 0.3) is 10.9 Å². The Labute approximate surface area is 129 Å². The van der Waals surface area contributed by atoms with E-state index < -0.39 is 0 Å². The summed E-state index contributed by atoms with van der Waals surface area (Å²) >= 11 is 1.84. The summed E-state index contributed by atoms with van der Waals surface area (Å²) in [5.74, 6) is 2.12. The second kappa shape index (κ2) is 7.00. The highest BCUT2D eigenvalue weighted by Gasteiger charge is 2.19. The van der Waals surface area contributed by atoms with Gasteiger partial charge in [-0.2, -0.15) is 11.8 Å². The molecule has 1 aromatic heterocycles. The van der Waals surface area contributed by atoms with Crippen molar-refractivity contribution in [2.45, 2.75) is 19.0 Å². The molecule has 1 amide bonds. The van der Waals surface area contributed by atoms with Gasteiger partial charge in [0.15, 0.2) is 0 Å². The number of aryl methyl sites for hydroxylation is 1. The van der Waals surface area contributed by atoms with E-state index >= 15 is 0 Å². The Balaban J connectivity index is 1.44. The summed E-state index contributed by atoms with van der Waals surface area (Å²) in [7, 11) is 0. The lowest BCUT2D eigenvalue weighted by Gasteiger charge is -2.22. The number of carbonyl (C=O) groups is 1. The molecule has 0 aliphatic carbocycles. The molecule has 2 N–H and O–H groups in total. The van der Waals surface area contributed by atoms with Crippen molar-refractivity contribution < 1.29 is 4.79 Å². The smallest absolute Gasteiger partial charge is 0.237 e. The number of carbonyl (C=O) groups excluding carboxylic acids is 1. The molecular formula is C16H21N3OS. The Morgan fingerprint density at radius 3 is 3.14 bits per heavy atom. The molecule has 0 radical (unpaired) electrons. The van der Waals surface area contributed by atoms with E-state index in [-0.39, 0.29) is 11.9 Å². The molecule has 112 valence electrons. The second-order valence-corrected chi connectivity index (χ2v) is 6.44. The molecule has 1 saturated heterocycles. The predicted molar refractivity (Wildman–Crippen MR) is 88.7 cm³/mol. The number of benzene rings is 1. The van der Waals surface area contributed by atoms with Crippen LogP contribution in [0.5, 0.6) is 0 Å². The maximum atomic E-state index is 12.0. The van der Waals surface area contributed by atoms with Crippen molar-refractivity contribution in [2.75, 3.05) is 24.6 Å². The molecule has 2 aromatic rings. The number of thioether (sulfide) groups is 1. The average Bonchev–Trinajstić information content (AvgIpc) is 2.95. The fourth-order valence-electron chi connectivity index (χ4n) is 2.65. The molecule has 2 heterocycles. The third-order valence-electron chi connectivity index (χ3n) is 3.79. The Hall–Kier alpha value is -1.46. The van der Waals surface area contributed by atoms with Gasteiger partial charge in [0.05, 0.1) is 6.04 Å². The Bertz CT molecular complexity index is 604. The van der Waals surface area contributed by atoms with Crippen molar-refractivity contribution in [3.63, 3.8) is 0 Å². The summed E-state index contributed by atoms with van der Waals surface area (Å²) in [6, 6.07) is 10.5. The van der Waals surface area contributed by atoms with E-state index in [1.54, 1.807) is 0 Å². The van der Waals surface area contributed by atoms with Gasteiger partial charge in [-0.15, -0.1) is 0 Å². The molecule has 0 bridgehead atoms. The third kappa shape index (κ3) is 3.60. The Morgan fingerprint density at radius 2 is 2.29 bits per heavy atom. The minimum absolute atomic E-state index is 0.0174. The third-order valence-corrected chi connectivity index (χ3v) is 4.86. The number of nitrogens with one attached hydrogen (secondary N) is 2. The number of para-hydroxylation sites is 1. The normalized spacial score (nSPS) is 18.8. The lowest BCUT2D eigenvalue weighted by Crippen LogP contribution is -2.49. The van der Waals surface area contributed by atoms with Crippen molar-refractivity contribution in [1.82, 2.24) is 15.2 Å². The zero-order valence-electron chi connectivity index (χ0n) is 12.0. The first-order valence-electron chi connectivity index (χ1n) is 7.47. The monoisotopic (exact) mass is 303 g/mol. The molecule has 5 heteroatoms. The van der Waals surface area contributed by atoms with Gasteiger partial charge in [-0.05, 0) is 23.9 Å². The topological polar surface area (TPSA) is 46.1 Å². The van der Waals surface area contributed by atoms with Crippen LogP contribution in [0.4, 0.5) is 0 Å². The Kier molecular flexibility index (Phi) is 4.83. The zero-order chi connectivity index (χ0) is 14.5. The van der Waals surface area contributed by atoms with Crippen LogP contribution in [0.3, 0.4) is 0 Å². The molecule has 4 nitrogen and oxygen atoms in total. The summed E-state index contributed by atoms with van der Waals surface area (Å²) < 4.78 is 2.25. The van der Waals surface area contributed by atoms with Crippen LogP contribution in [0.15, 0.2) is 36.5 Å². The van der Waals surface area contributed by atoms with E-state index in [4.69, 9.17) is 0 Å². The summed E-state index contributed by atoms with van der Waals surface area (Å²) in [5, 5.41) is 7.56. The first-order valence-corrected chi connectivity index (χ1v) is 8.63. The quantitative estimate of drug-likeness (QED) is 0.829. The van der Waals surface area contributed by atoms with Gasteiger partial charge in [0.2, 0.25) is 5.91 Å². The van der Waals surface area contributed by atoms with Gasteiger partial charge in [-0.3, -0.25) is 4.79 Å². The largest absolute Gasteiger partial charge is 0.355 e. The van der Waals surface area contributed by atoms with Crippen molar-refractivity contribution in [3.05, 3.63) is 36.5 Å². The van der Waals surface area contributed by atoms with E-state index in [9.17, 15) is 4.79 Å². The maximum Gasteiger partial charge on any atom is 0.237 e. The summed E-state index contributed by atoms with van der Waals surface area (Å²) in [5.41, 5.74) is 1.26. The molecule has 1 aromatic carbocycles. The van der Waals surface area contributed by atoms with E-state index in [0.29, 0.717) is 0 Å². The predicted octanol–water partition coefficient (Wildman–Crippen LogP) is 1.85. The summed E-state index contributed by atoms with van der Waals surface area (Å²) in [4.78, 5) is 12.0. The lowest BCUT2D eigenvalue weighted by atomic mass is 10.2. The number of hydrogen-bond donors (Lipinski definition) is 2. The number of rotatable bonds is 5. The van der Waals surface area contributed by atoms with Crippen LogP contribution < -0.4 is 10.6 Å². The highest BCUT2D eigenvalue weighted by Crippen LogP contribution is 2.15. The van der Waals surface area contributed by atoms with Gasteiger partial charge in [-0.1, -0.05) is 18.2 Å². The number of aromatic nitrogens is 1. The molecule has 1 unspecified atom stereocenters. The van der Waals surface area contributed by atoms with Gasteiger partial charge < -0.3 is 15.2 Å². The number of amides is 1. The summed E-state index contributed by atoms with van der Waals surface area (Å²) in [6.07, 6.45) is 3.07. The molecule has 1 atom stereocenters. The molecule has 1 aliphatic heterocycles. The first-order chi connectivity index (χ1) is 10.3. The van der Waals surface area contributed by atoms with Gasteiger partial charge in [-0.25, -0.2) is 0 Å². The maximum absolute atomic E-state index is 12.0. The van der Waals surface area contributed by atoms with E-state index in [0.717, 1.165) is 37.6 Å². The standard InChI is InChI=1S/C16H21N3OS/c20-16(14-12-21-11-8-17-14)18-7-3-9-19-10-6-13-4-1-2-5-15(13)19/h1-2,4-6,10,14,17H,3,7-9,11-12H2,(H,18,20). The van der Waals surface area contributed by atoms with E-state index in [1.165, 1.54) is 10.9 Å². The number of fused-ring (bicyclic) bond motifs is 1. The zero-order valence-corrected chi connectivity index (χ0v) is 12.9. The molecule has 1 aliphatic rings. The molecule has 0 saturated carbocycles. The Morgan fingerprint density at radius 1 is 1.38 bits per heavy atom. The van der Waals surface area contributed by atoms with Crippen LogP contribution >= 0.6 is 11.8 Å². The first kappa shape index (κ1) is 14.5. The van der Waals surface area contributed by atoms with Gasteiger partial charge >= 0.3 is 0 Å².